The van der Waals surface area contributed by atoms with Crippen LogP contribution in [0.25, 0.3) is 0 Å². The molecule has 176 valence electrons. The maximum Gasteiger partial charge on any atom is 0.323 e. The summed E-state index contributed by atoms with van der Waals surface area (Å²) in [6.45, 7) is 2.79. The molecular formula is C26H27FN4O3. The van der Waals surface area contributed by atoms with E-state index in [0.717, 1.165) is 30.1 Å². The molecule has 0 bridgehead atoms. The van der Waals surface area contributed by atoms with Gasteiger partial charge in [-0.05, 0) is 60.2 Å². The number of halogens is 1. The lowest BCUT2D eigenvalue weighted by Gasteiger charge is -2.36. The number of nitrogens with zero attached hydrogens (tertiary/aromatic N) is 2. The van der Waals surface area contributed by atoms with Crippen molar-refractivity contribution < 1.29 is 18.7 Å². The highest BCUT2D eigenvalue weighted by Crippen LogP contribution is 2.21. The van der Waals surface area contributed by atoms with Crippen LogP contribution in [-0.4, -0.2) is 50.1 Å². The van der Waals surface area contributed by atoms with Gasteiger partial charge in [0.05, 0.1) is 13.5 Å². The number of carbonyl (C=O) groups is 2. The fraction of sp³-hybridized carbons (Fsp3) is 0.231. The number of nitrogens with one attached hydrogen (secondary N) is 2. The van der Waals surface area contributed by atoms with Crippen molar-refractivity contribution in [3.8, 4) is 5.75 Å². The maximum absolute atomic E-state index is 13.3. The average Bonchev–Trinajstić information content (AvgIpc) is 2.85. The number of hydrogen-bond acceptors (Lipinski definition) is 4. The molecule has 0 saturated carbocycles. The number of piperazine rings is 1. The van der Waals surface area contributed by atoms with Crippen molar-refractivity contribution in [3.63, 3.8) is 0 Å². The van der Waals surface area contributed by atoms with Crippen LogP contribution in [0, 0.1) is 5.82 Å². The Labute approximate surface area is 198 Å². The van der Waals surface area contributed by atoms with E-state index in [2.05, 4.69) is 15.5 Å². The summed E-state index contributed by atoms with van der Waals surface area (Å²) < 4.78 is 18.4. The first kappa shape index (κ1) is 23.1. The van der Waals surface area contributed by atoms with Gasteiger partial charge in [-0.15, -0.1) is 0 Å². The van der Waals surface area contributed by atoms with E-state index >= 15 is 0 Å². The molecule has 0 spiro atoms. The minimum Gasteiger partial charge on any atom is -0.497 e. The van der Waals surface area contributed by atoms with Gasteiger partial charge in [-0.3, -0.25) is 4.79 Å². The number of amides is 3. The summed E-state index contributed by atoms with van der Waals surface area (Å²) in [6.07, 6.45) is 0.377. The van der Waals surface area contributed by atoms with Crippen molar-refractivity contribution >= 4 is 29.0 Å². The number of benzene rings is 3. The van der Waals surface area contributed by atoms with Crippen LogP contribution in [0.5, 0.6) is 5.75 Å². The predicted molar refractivity (Wildman–Crippen MR) is 131 cm³/mol. The number of urea groups is 1. The molecule has 0 aromatic heterocycles. The first-order valence-corrected chi connectivity index (χ1v) is 11.1. The molecule has 1 saturated heterocycles. The van der Waals surface area contributed by atoms with Crippen molar-refractivity contribution in [2.45, 2.75) is 6.42 Å². The third-order valence-electron chi connectivity index (χ3n) is 5.72. The Morgan fingerprint density at radius 1 is 0.882 bits per heavy atom. The zero-order valence-corrected chi connectivity index (χ0v) is 19.0. The van der Waals surface area contributed by atoms with E-state index in [-0.39, 0.29) is 5.91 Å². The van der Waals surface area contributed by atoms with Gasteiger partial charge >= 0.3 is 6.03 Å². The normalized spacial score (nSPS) is 13.4. The highest BCUT2D eigenvalue weighted by molar-refractivity contribution is 5.99. The van der Waals surface area contributed by atoms with Crippen LogP contribution in [0.15, 0.2) is 72.8 Å². The summed E-state index contributed by atoms with van der Waals surface area (Å²) in [4.78, 5) is 28.9. The Bertz CT molecular complexity index is 1130. The van der Waals surface area contributed by atoms with Crippen molar-refractivity contribution in [2.75, 3.05) is 48.8 Å². The lowest BCUT2D eigenvalue weighted by atomic mass is 10.1. The molecule has 7 nitrogen and oxygen atoms in total. The Hall–Kier alpha value is -4.07. The van der Waals surface area contributed by atoms with Gasteiger partial charge in [0.2, 0.25) is 5.91 Å². The molecule has 3 aromatic carbocycles. The van der Waals surface area contributed by atoms with Gasteiger partial charge in [0, 0.05) is 43.2 Å². The molecular weight excluding hydrogens is 435 g/mol. The SMILES string of the molecule is COc1ccc(CC(=O)N2CCN(c3ccc(NC(=O)Nc4cccc(F)c4)cc3)CC2)cc1. The third-order valence-corrected chi connectivity index (χ3v) is 5.72. The Morgan fingerprint density at radius 3 is 2.21 bits per heavy atom. The van der Waals surface area contributed by atoms with Gasteiger partial charge in [0.1, 0.15) is 11.6 Å². The summed E-state index contributed by atoms with van der Waals surface area (Å²) >= 11 is 0. The Balaban J connectivity index is 1.25. The summed E-state index contributed by atoms with van der Waals surface area (Å²) in [5.41, 5.74) is 3.01. The minimum absolute atomic E-state index is 0.119. The van der Waals surface area contributed by atoms with Crippen molar-refractivity contribution in [1.29, 1.82) is 0 Å². The molecule has 3 amide bonds. The second kappa shape index (κ2) is 10.7. The van der Waals surface area contributed by atoms with E-state index in [0.29, 0.717) is 30.9 Å². The van der Waals surface area contributed by atoms with Gasteiger partial charge in [0.15, 0.2) is 0 Å². The van der Waals surface area contributed by atoms with Crippen LogP contribution in [0.2, 0.25) is 0 Å². The van der Waals surface area contributed by atoms with Crippen LogP contribution in [-0.2, 0) is 11.2 Å². The molecule has 0 aliphatic carbocycles. The molecule has 1 fully saturated rings. The Morgan fingerprint density at radius 2 is 1.56 bits per heavy atom. The molecule has 0 radical (unpaired) electrons. The molecule has 2 N–H and O–H groups in total. The first-order valence-electron chi connectivity index (χ1n) is 11.1. The molecule has 0 unspecified atom stereocenters. The monoisotopic (exact) mass is 462 g/mol. The van der Waals surface area contributed by atoms with Crippen LogP contribution < -0.4 is 20.3 Å². The summed E-state index contributed by atoms with van der Waals surface area (Å²) in [5.74, 6) is 0.483. The predicted octanol–water partition coefficient (Wildman–Crippen LogP) is 4.37. The van der Waals surface area contributed by atoms with Gasteiger partial charge in [-0.1, -0.05) is 18.2 Å². The maximum atomic E-state index is 13.3. The molecule has 1 heterocycles. The highest BCUT2D eigenvalue weighted by atomic mass is 19.1. The zero-order valence-electron chi connectivity index (χ0n) is 19.0. The van der Waals surface area contributed by atoms with Crippen LogP contribution in [0.1, 0.15) is 5.56 Å². The largest absolute Gasteiger partial charge is 0.497 e. The standard InChI is InChI=1S/C26H27FN4O3/c1-34-24-11-5-19(6-12-24)17-25(32)31-15-13-30(14-16-31)23-9-7-21(8-10-23)28-26(33)29-22-4-2-3-20(27)18-22/h2-12,18H,13-17H2,1H3,(H2,28,29,33). The molecule has 1 aliphatic rings. The van der Waals surface area contributed by atoms with Crippen molar-refractivity contribution in [3.05, 3.63) is 84.2 Å². The van der Waals surface area contributed by atoms with Gasteiger partial charge in [0.25, 0.3) is 0 Å². The van der Waals surface area contributed by atoms with Gasteiger partial charge in [-0.25, -0.2) is 9.18 Å². The summed E-state index contributed by atoms with van der Waals surface area (Å²) in [5, 5.41) is 5.34. The number of rotatable bonds is 6. The second-order valence-corrected chi connectivity index (χ2v) is 8.03. The van der Waals surface area contributed by atoms with E-state index in [9.17, 15) is 14.0 Å². The van der Waals surface area contributed by atoms with Crippen molar-refractivity contribution in [1.82, 2.24) is 4.90 Å². The topological polar surface area (TPSA) is 73.9 Å². The van der Waals surface area contributed by atoms with E-state index in [1.165, 1.54) is 18.2 Å². The van der Waals surface area contributed by atoms with E-state index in [1.807, 2.05) is 53.4 Å². The van der Waals surface area contributed by atoms with Gasteiger partial charge in [-0.2, -0.15) is 0 Å². The number of anilines is 3. The lowest BCUT2D eigenvalue weighted by Crippen LogP contribution is -2.49. The van der Waals surface area contributed by atoms with Gasteiger partial charge < -0.3 is 25.2 Å². The van der Waals surface area contributed by atoms with E-state index in [4.69, 9.17) is 4.74 Å². The zero-order chi connectivity index (χ0) is 23.9. The number of carbonyl (C=O) groups excluding carboxylic acids is 2. The summed E-state index contributed by atoms with van der Waals surface area (Å²) in [7, 11) is 1.62. The van der Waals surface area contributed by atoms with Crippen molar-refractivity contribution in [2.24, 2.45) is 0 Å². The molecule has 0 atom stereocenters. The smallest absolute Gasteiger partial charge is 0.323 e. The lowest BCUT2D eigenvalue weighted by molar-refractivity contribution is -0.130. The quantitative estimate of drug-likeness (QED) is 0.571. The molecule has 34 heavy (non-hydrogen) atoms. The van der Waals surface area contributed by atoms with Crippen LogP contribution in [0.3, 0.4) is 0 Å². The Kier molecular flexibility index (Phi) is 7.27. The summed E-state index contributed by atoms with van der Waals surface area (Å²) in [6, 6.07) is 20.4. The third kappa shape index (κ3) is 6.04. The number of ether oxygens (including phenoxy) is 1. The first-order chi connectivity index (χ1) is 16.5. The molecule has 1 aliphatic heterocycles. The second-order valence-electron chi connectivity index (χ2n) is 8.03. The molecule has 4 rings (SSSR count). The number of hydrogen-bond donors (Lipinski definition) is 2. The van der Waals surface area contributed by atoms with Crippen LogP contribution >= 0.6 is 0 Å². The minimum atomic E-state index is -0.442. The van der Waals surface area contributed by atoms with Crippen LogP contribution in [0.4, 0.5) is 26.2 Å². The average molecular weight is 463 g/mol. The number of methoxy groups -OCH3 is 1. The van der Waals surface area contributed by atoms with E-state index < -0.39 is 11.8 Å². The highest BCUT2D eigenvalue weighted by Gasteiger charge is 2.21. The fourth-order valence-corrected chi connectivity index (χ4v) is 3.86. The molecule has 3 aromatic rings. The molecule has 8 heteroatoms. The fourth-order valence-electron chi connectivity index (χ4n) is 3.86. The van der Waals surface area contributed by atoms with E-state index in [1.54, 1.807) is 13.2 Å².